The van der Waals surface area contributed by atoms with Crippen molar-refractivity contribution < 1.29 is 43.6 Å². The molecule has 1 unspecified atom stereocenters. The lowest BCUT2D eigenvalue weighted by molar-refractivity contribution is -0.150. The molecule has 7 rings (SSSR count). The van der Waals surface area contributed by atoms with E-state index in [-0.39, 0.29) is 49.9 Å². The number of carbonyl (C=O) groups is 3. The van der Waals surface area contributed by atoms with E-state index in [1.807, 2.05) is 87.6 Å². The number of nitrogens with zero attached hydrogens (tertiary/aromatic N) is 3. The van der Waals surface area contributed by atoms with Crippen LogP contribution in [0.1, 0.15) is 62.6 Å². The van der Waals surface area contributed by atoms with E-state index in [4.69, 9.17) is 14.2 Å². The molecule has 2 fully saturated rings. The fraction of sp³-hybridized carbons (Fsp3) is 0.523. The minimum absolute atomic E-state index is 0.00260. The van der Waals surface area contributed by atoms with Gasteiger partial charge in [-0.1, -0.05) is 19.1 Å². The Morgan fingerprint density at radius 1 is 1.02 bits per heavy atom. The molecule has 6 atom stereocenters. The molecule has 1 spiro atoms. The summed E-state index contributed by atoms with van der Waals surface area (Å²) in [6.07, 6.45) is 2.76. The van der Waals surface area contributed by atoms with E-state index < -0.39 is 37.5 Å². The van der Waals surface area contributed by atoms with Gasteiger partial charge in [-0.25, -0.2) is 0 Å². The number of likely N-dealkylation sites (tertiary alicyclic amines) is 1. The normalized spacial score (nSPS) is 25.4. The summed E-state index contributed by atoms with van der Waals surface area (Å²) in [6, 6.07) is 18.3. The molecule has 3 amide bonds. The number of fused-ring (bicyclic) bond motifs is 3. The second kappa shape index (κ2) is 17.1. The van der Waals surface area contributed by atoms with Crippen molar-refractivity contribution in [2.75, 3.05) is 49.8 Å². The minimum atomic E-state index is -3.02. The van der Waals surface area contributed by atoms with Crippen LogP contribution in [-0.4, -0.2) is 104 Å². The zero-order valence-corrected chi connectivity index (χ0v) is 35.3. The van der Waals surface area contributed by atoms with Gasteiger partial charge >= 0.3 is 0 Å². The molecule has 3 aromatic rings. The van der Waals surface area contributed by atoms with Gasteiger partial charge in [0.2, 0.25) is 11.8 Å². The van der Waals surface area contributed by atoms with Crippen molar-refractivity contribution in [3.63, 3.8) is 0 Å². The van der Waals surface area contributed by atoms with Gasteiger partial charge in [-0.15, -0.1) is 0 Å². The second-order valence-corrected chi connectivity index (χ2v) is 20.6. The van der Waals surface area contributed by atoms with Gasteiger partial charge in [-0.2, -0.15) is 0 Å². The van der Waals surface area contributed by atoms with Crippen LogP contribution < -0.4 is 24.6 Å². The predicted molar refractivity (Wildman–Crippen MR) is 223 cm³/mol. The molecule has 2 saturated heterocycles. The van der Waals surface area contributed by atoms with E-state index in [0.29, 0.717) is 55.2 Å². The van der Waals surface area contributed by atoms with Crippen LogP contribution in [0.2, 0.25) is 18.6 Å². The van der Waals surface area contributed by atoms with Crippen molar-refractivity contribution in [3.8, 4) is 11.5 Å². The third-order valence-corrected chi connectivity index (χ3v) is 15.0. The Balaban J connectivity index is 1.18. The number of carbonyl (C=O) groups excluding carboxylic acids is 3. The Hall–Kier alpha value is -4.31. The van der Waals surface area contributed by atoms with Crippen LogP contribution in [-0.2, 0) is 37.7 Å². The highest BCUT2D eigenvalue weighted by Crippen LogP contribution is 2.60. The topological polar surface area (TPSA) is 161 Å². The van der Waals surface area contributed by atoms with Crippen molar-refractivity contribution >= 4 is 43.1 Å². The Morgan fingerprint density at radius 3 is 2.45 bits per heavy atom. The number of anilines is 3. The summed E-state index contributed by atoms with van der Waals surface area (Å²) in [5, 5.41) is 22.6. The van der Waals surface area contributed by atoms with Crippen molar-refractivity contribution in [2.24, 2.45) is 5.92 Å². The number of rotatable bonds is 15. The van der Waals surface area contributed by atoms with Crippen LogP contribution in [0.15, 0.2) is 60.7 Å². The molecule has 0 aliphatic carbocycles. The Labute approximate surface area is 342 Å². The van der Waals surface area contributed by atoms with Gasteiger partial charge in [0.1, 0.15) is 11.5 Å². The molecule has 0 saturated carbocycles. The molecule has 4 aliphatic heterocycles. The highest BCUT2D eigenvalue weighted by molar-refractivity contribution is 6.71. The summed E-state index contributed by atoms with van der Waals surface area (Å²) in [5.41, 5.74) is 2.72. The van der Waals surface area contributed by atoms with E-state index in [2.05, 4.69) is 5.32 Å². The summed E-state index contributed by atoms with van der Waals surface area (Å²) in [7, 11) is -1.45. The Morgan fingerprint density at radius 2 is 1.76 bits per heavy atom. The predicted octanol–water partition coefficient (Wildman–Crippen LogP) is 4.76. The van der Waals surface area contributed by atoms with Crippen LogP contribution in [0, 0.1) is 5.92 Å². The number of ether oxygens (including phenoxy) is 3. The highest BCUT2D eigenvalue weighted by Gasteiger charge is 2.66. The number of benzene rings is 3. The Bertz CT molecular complexity index is 1990. The number of nitrogens with one attached hydrogen (secondary N) is 1. The van der Waals surface area contributed by atoms with E-state index in [1.54, 1.807) is 21.8 Å². The number of methoxy groups -OCH3 is 1. The first kappa shape index (κ1) is 41.8. The van der Waals surface area contributed by atoms with E-state index >= 15 is 4.79 Å². The van der Waals surface area contributed by atoms with Gasteiger partial charge in [0.15, 0.2) is 13.9 Å². The second-order valence-electron chi connectivity index (χ2n) is 16.6. The molecule has 14 heteroatoms. The van der Waals surface area contributed by atoms with E-state index in [0.717, 1.165) is 41.8 Å². The van der Waals surface area contributed by atoms with Gasteiger partial charge in [0, 0.05) is 35.9 Å². The lowest BCUT2D eigenvalue weighted by Gasteiger charge is -2.35. The average molecular weight is 815 g/mol. The number of aliphatic hydroxyl groups excluding tert-OH is 2. The maximum atomic E-state index is 15.1. The first-order valence-corrected chi connectivity index (χ1v) is 23.7. The highest BCUT2D eigenvalue weighted by atomic mass is 28.4. The fourth-order valence-electron chi connectivity index (χ4n) is 9.84. The van der Waals surface area contributed by atoms with Crippen LogP contribution >= 0.6 is 0 Å². The monoisotopic (exact) mass is 814 g/mol. The van der Waals surface area contributed by atoms with Gasteiger partial charge in [0.25, 0.3) is 5.91 Å². The number of hydrogen-bond donors (Lipinski definition) is 4. The van der Waals surface area contributed by atoms with Gasteiger partial charge in [-0.05, 0) is 118 Å². The molecule has 0 radical (unpaired) electrons. The zero-order valence-electron chi connectivity index (χ0n) is 34.3. The van der Waals surface area contributed by atoms with Crippen molar-refractivity contribution in [3.05, 3.63) is 77.4 Å². The average Bonchev–Trinajstić information content (AvgIpc) is 3.87. The van der Waals surface area contributed by atoms with E-state index in [9.17, 15) is 24.6 Å². The molecule has 4 N–H and O–H groups in total. The summed E-state index contributed by atoms with van der Waals surface area (Å²) in [6.45, 7) is 9.46. The van der Waals surface area contributed by atoms with Crippen LogP contribution in [0.25, 0.3) is 0 Å². The third kappa shape index (κ3) is 7.66. The third-order valence-electron chi connectivity index (χ3n) is 12.5. The number of hydrogen-bond acceptors (Lipinski definition) is 10. The first-order chi connectivity index (χ1) is 27.9. The van der Waals surface area contributed by atoms with Crippen molar-refractivity contribution in [1.29, 1.82) is 0 Å². The van der Waals surface area contributed by atoms with Crippen LogP contribution in [0.3, 0.4) is 0 Å². The zero-order chi connectivity index (χ0) is 41.4. The number of unbranched alkanes of at least 4 members (excludes halogenated alkanes) is 1. The fourth-order valence-corrected chi connectivity index (χ4v) is 12.4. The molecule has 0 bridgehead atoms. The maximum Gasteiger partial charge on any atom is 0.264 e. The molecule has 0 aromatic heterocycles. The van der Waals surface area contributed by atoms with Crippen molar-refractivity contribution in [1.82, 2.24) is 10.2 Å². The lowest BCUT2D eigenvalue weighted by atomic mass is 9.82. The molecule has 13 nitrogen and oxygen atoms in total. The molecule has 3 aromatic carbocycles. The molecular formula is C44H58N4O9Si. The minimum Gasteiger partial charge on any atom is -0.497 e. The summed E-state index contributed by atoms with van der Waals surface area (Å²) < 4.78 is 18.4. The Kier molecular flexibility index (Phi) is 12.3. The van der Waals surface area contributed by atoms with Crippen molar-refractivity contribution in [2.45, 2.75) is 101 Å². The molecule has 58 heavy (non-hydrogen) atoms. The molecule has 4 heterocycles. The van der Waals surface area contributed by atoms with Gasteiger partial charge in [-0.3, -0.25) is 19.3 Å². The summed E-state index contributed by atoms with van der Waals surface area (Å²) >= 11 is 0. The SMILES string of the molecule is CCOc1ccc2c(c1)CC(NCCCCO)C(=O)N2c1ccc(CN2C(=O)[C@]3(O[C@H](CC(=O)N4CCC[C@H]4CO)[C@@H]([Si](C)(C)O)[C@@H]3C)c3cc(OC)ccc32)cc1. The first-order valence-electron chi connectivity index (χ1n) is 20.7. The number of aliphatic hydroxyl groups is 2. The lowest BCUT2D eigenvalue weighted by Crippen LogP contribution is -2.49. The van der Waals surface area contributed by atoms with Crippen LogP contribution in [0.5, 0.6) is 11.5 Å². The molecule has 312 valence electrons. The standard InChI is InChI=1S/C44H58N4O9Si/c1-6-56-34-16-17-37-30(22-34)23-36(45-19-7-8-21-49)42(52)48(37)31-13-11-29(12-14-31)26-47-38-18-15-33(55-3)24-35(38)44(43(47)53)28(2)41(58(4,5)54)39(57-44)25-40(51)46-20-9-10-32(46)27-50/h11-18,22,24,28,32,36,39,41,45,49-50,54H,6-10,19-21,23,25-27H2,1-5H3/t28-,32-,36?,39+,41-,44+/m0/s1. The molecule has 4 aliphatic rings. The van der Waals surface area contributed by atoms with Crippen LogP contribution in [0.4, 0.5) is 17.1 Å². The number of amides is 3. The molecular weight excluding hydrogens is 757 g/mol. The quantitative estimate of drug-likeness (QED) is 0.124. The van der Waals surface area contributed by atoms with Gasteiger partial charge in [0.05, 0.1) is 62.9 Å². The smallest absolute Gasteiger partial charge is 0.264 e. The maximum absolute atomic E-state index is 15.1. The van der Waals surface area contributed by atoms with E-state index in [1.165, 1.54) is 0 Å². The summed E-state index contributed by atoms with van der Waals surface area (Å²) in [4.78, 5) is 59.8. The summed E-state index contributed by atoms with van der Waals surface area (Å²) in [5.74, 6) is 0.361. The van der Waals surface area contributed by atoms with Gasteiger partial charge < -0.3 is 44.3 Å². The largest absolute Gasteiger partial charge is 0.497 e.